The molecule has 2 N–H and O–H groups in total. The number of benzene rings is 1. The Bertz CT molecular complexity index is 428. The lowest BCUT2D eigenvalue weighted by atomic mass is 9.85. The minimum Gasteiger partial charge on any atom is -0.496 e. The fourth-order valence-electron chi connectivity index (χ4n) is 2.17. The number of hydrogen-bond acceptors (Lipinski definition) is 3. The Morgan fingerprint density at radius 3 is 2.56 bits per heavy atom. The third-order valence-electron chi connectivity index (χ3n) is 3.04. The second kappa shape index (κ2) is 5.87. The Hall–Kier alpha value is -1.55. The van der Waals surface area contributed by atoms with E-state index in [4.69, 9.17) is 9.84 Å². The zero-order chi connectivity index (χ0) is 13.8. The Morgan fingerprint density at radius 2 is 2.11 bits per heavy atom. The summed E-state index contributed by atoms with van der Waals surface area (Å²) in [5.41, 5.74) is 0.206. The lowest BCUT2D eigenvalue weighted by molar-refractivity contribution is -0.143. The molecule has 0 aliphatic rings. The maximum atomic E-state index is 10.9. The molecule has 0 aliphatic carbocycles. The highest BCUT2D eigenvalue weighted by molar-refractivity contribution is 5.68. The molecule has 1 aromatic rings. The van der Waals surface area contributed by atoms with Gasteiger partial charge in [0.1, 0.15) is 11.4 Å². The van der Waals surface area contributed by atoms with Gasteiger partial charge in [0.05, 0.1) is 13.5 Å². The van der Waals surface area contributed by atoms with Gasteiger partial charge in [-0.25, -0.2) is 0 Å². The van der Waals surface area contributed by atoms with Crippen molar-refractivity contribution in [3.05, 3.63) is 29.3 Å². The molecular formula is C14H20O4. The zero-order valence-electron chi connectivity index (χ0n) is 11.1. The standard InChI is InChI=1S/C14H20O4/c1-4-7-14(17,9-13(15)16)11-5-6-12(18-3)10(2)8-11/h5-6,8,17H,4,7,9H2,1-3H3,(H,15,16). The highest BCUT2D eigenvalue weighted by atomic mass is 16.5. The summed E-state index contributed by atoms with van der Waals surface area (Å²) in [4.78, 5) is 10.9. The molecule has 18 heavy (non-hydrogen) atoms. The quantitative estimate of drug-likeness (QED) is 0.816. The van der Waals surface area contributed by atoms with E-state index in [0.29, 0.717) is 12.0 Å². The topological polar surface area (TPSA) is 66.8 Å². The summed E-state index contributed by atoms with van der Waals surface area (Å²) < 4.78 is 5.16. The van der Waals surface area contributed by atoms with Crippen LogP contribution in [-0.2, 0) is 10.4 Å². The summed E-state index contributed by atoms with van der Waals surface area (Å²) >= 11 is 0. The molecule has 1 unspecified atom stereocenters. The van der Waals surface area contributed by atoms with E-state index in [0.717, 1.165) is 17.7 Å². The molecule has 4 heteroatoms. The Kier molecular flexibility index (Phi) is 4.73. The minimum absolute atomic E-state index is 0.285. The molecule has 100 valence electrons. The van der Waals surface area contributed by atoms with Gasteiger partial charge in [0, 0.05) is 0 Å². The molecule has 0 amide bonds. The first-order valence-corrected chi connectivity index (χ1v) is 6.02. The minimum atomic E-state index is -1.31. The molecule has 0 aromatic heterocycles. The molecular weight excluding hydrogens is 232 g/mol. The molecule has 0 heterocycles. The van der Waals surface area contributed by atoms with Crippen LogP contribution in [0.4, 0.5) is 0 Å². The molecule has 0 aliphatic heterocycles. The van der Waals surface area contributed by atoms with E-state index in [2.05, 4.69) is 0 Å². The van der Waals surface area contributed by atoms with Crippen molar-refractivity contribution in [2.75, 3.05) is 7.11 Å². The van der Waals surface area contributed by atoms with Crippen LogP contribution in [0.15, 0.2) is 18.2 Å². The molecule has 0 saturated heterocycles. The van der Waals surface area contributed by atoms with Crippen molar-refractivity contribution in [3.63, 3.8) is 0 Å². The van der Waals surface area contributed by atoms with Gasteiger partial charge in [-0.3, -0.25) is 4.79 Å². The second-order valence-corrected chi connectivity index (χ2v) is 4.54. The number of ether oxygens (including phenoxy) is 1. The number of carboxylic acids is 1. The molecule has 0 spiro atoms. The number of aliphatic carboxylic acids is 1. The molecule has 1 rings (SSSR count). The van der Waals surface area contributed by atoms with E-state index in [1.54, 1.807) is 25.3 Å². The zero-order valence-corrected chi connectivity index (χ0v) is 11.1. The van der Waals surface area contributed by atoms with Crippen molar-refractivity contribution in [3.8, 4) is 5.75 Å². The summed E-state index contributed by atoms with van der Waals surface area (Å²) in [6, 6.07) is 5.27. The van der Waals surface area contributed by atoms with Crippen molar-refractivity contribution in [2.45, 2.75) is 38.7 Å². The molecule has 0 fully saturated rings. The van der Waals surface area contributed by atoms with Gasteiger partial charge in [-0.2, -0.15) is 0 Å². The fourth-order valence-corrected chi connectivity index (χ4v) is 2.17. The van der Waals surface area contributed by atoms with Gasteiger partial charge in [0.15, 0.2) is 0 Å². The number of aryl methyl sites for hydroxylation is 1. The van der Waals surface area contributed by atoms with E-state index >= 15 is 0 Å². The Labute approximate surface area is 107 Å². The van der Waals surface area contributed by atoms with Crippen LogP contribution < -0.4 is 4.74 Å². The highest BCUT2D eigenvalue weighted by Crippen LogP contribution is 2.32. The van der Waals surface area contributed by atoms with E-state index < -0.39 is 11.6 Å². The normalized spacial score (nSPS) is 14.0. The first-order valence-electron chi connectivity index (χ1n) is 6.02. The lowest BCUT2D eigenvalue weighted by Gasteiger charge is -2.27. The molecule has 0 bridgehead atoms. The Morgan fingerprint density at radius 1 is 1.44 bits per heavy atom. The van der Waals surface area contributed by atoms with Crippen molar-refractivity contribution < 1.29 is 19.7 Å². The predicted molar refractivity (Wildman–Crippen MR) is 68.8 cm³/mol. The van der Waals surface area contributed by atoms with E-state index in [-0.39, 0.29) is 6.42 Å². The van der Waals surface area contributed by atoms with Crippen molar-refractivity contribution >= 4 is 5.97 Å². The molecule has 0 radical (unpaired) electrons. The van der Waals surface area contributed by atoms with Gasteiger partial charge in [-0.1, -0.05) is 19.4 Å². The third-order valence-corrected chi connectivity index (χ3v) is 3.04. The number of methoxy groups -OCH3 is 1. The summed E-state index contributed by atoms with van der Waals surface area (Å²) in [6.45, 7) is 3.79. The first kappa shape index (κ1) is 14.5. The largest absolute Gasteiger partial charge is 0.496 e. The average molecular weight is 252 g/mol. The van der Waals surface area contributed by atoms with Crippen LogP contribution >= 0.6 is 0 Å². The molecule has 4 nitrogen and oxygen atoms in total. The summed E-state index contributed by atoms with van der Waals surface area (Å²) in [7, 11) is 1.58. The second-order valence-electron chi connectivity index (χ2n) is 4.54. The first-order chi connectivity index (χ1) is 8.42. The van der Waals surface area contributed by atoms with Crippen LogP contribution in [-0.4, -0.2) is 23.3 Å². The van der Waals surface area contributed by atoms with Crippen molar-refractivity contribution in [1.29, 1.82) is 0 Å². The van der Waals surface area contributed by atoms with Gasteiger partial charge in [0.25, 0.3) is 0 Å². The summed E-state index contributed by atoms with van der Waals surface area (Å²) in [6.07, 6.45) is 0.854. The van der Waals surface area contributed by atoms with Gasteiger partial charge in [0.2, 0.25) is 0 Å². The van der Waals surface area contributed by atoms with Gasteiger partial charge in [-0.15, -0.1) is 0 Å². The van der Waals surface area contributed by atoms with Crippen LogP contribution in [0.2, 0.25) is 0 Å². The van der Waals surface area contributed by atoms with Gasteiger partial charge in [-0.05, 0) is 36.6 Å². The monoisotopic (exact) mass is 252 g/mol. The van der Waals surface area contributed by atoms with Crippen LogP contribution in [0.3, 0.4) is 0 Å². The smallest absolute Gasteiger partial charge is 0.306 e. The highest BCUT2D eigenvalue weighted by Gasteiger charge is 2.31. The number of hydrogen-bond donors (Lipinski definition) is 2. The lowest BCUT2D eigenvalue weighted by Crippen LogP contribution is -2.29. The maximum absolute atomic E-state index is 10.9. The number of aliphatic hydroxyl groups is 1. The van der Waals surface area contributed by atoms with Crippen LogP contribution in [0.1, 0.15) is 37.3 Å². The molecule has 1 aromatic carbocycles. The van der Waals surface area contributed by atoms with E-state index in [1.165, 1.54) is 0 Å². The number of rotatable bonds is 6. The molecule has 1 atom stereocenters. The average Bonchev–Trinajstić information content (AvgIpc) is 2.28. The van der Waals surface area contributed by atoms with Gasteiger partial charge < -0.3 is 14.9 Å². The van der Waals surface area contributed by atoms with E-state index in [9.17, 15) is 9.90 Å². The SMILES string of the molecule is CCCC(O)(CC(=O)O)c1ccc(OC)c(C)c1. The van der Waals surface area contributed by atoms with Crippen LogP contribution in [0.5, 0.6) is 5.75 Å². The Balaban J connectivity index is 3.13. The fraction of sp³-hybridized carbons (Fsp3) is 0.500. The number of carbonyl (C=O) groups is 1. The summed E-state index contributed by atoms with van der Waals surface area (Å²) in [5.74, 6) is -0.271. The third kappa shape index (κ3) is 3.23. The summed E-state index contributed by atoms with van der Waals surface area (Å²) in [5, 5.41) is 19.4. The van der Waals surface area contributed by atoms with Gasteiger partial charge >= 0.3 is 5.97 Å². The number of carboxylic acid groups (broad SMARTS) is 1. The van der Waals surface area contributed by atoms with Crippen LogP contribution in [0.25, 0.3) is 0 Å². The van der Waals surface area contributed by atoms with Crippen molar-refractivity contribution in [1.82, 2.24) is 0 Å². The predicted octanol–water partition coefficient (Wildman–Crippen LogP) is 2.47. The molecule has 0 saturated carbocycles. The van der Waals surface area contributed by atoms with Crippen molar-refractivity contribution in [2.24, 2.45) is 0 Å². The maximum Gasteiger partial charge on any atom is 0.306 e. The van der Waals surface area contributed by atoms with Crippen LogP contribution in [0, 0.1) is 6.92 Å². The van der Waals surface area contributed by atoms with E-state index in [1.807, 2.05) is 13.8 Å².